The lowest BCUT2D eigenvalue weighted by Crippen LogP contribution is -2.07. The van der Waals surface area contributed by atoms with Gasteiger partial charge >= 0.3 is 0 Å². The Morgan fingerprint density at radius 1 is 1.17 bits per heavy atom. The average molecular weight is 309 g/mol. The third-order valence-electron chi connectivity index (χ3n) is 4.20. The summed E-state index contributed by atoms with van der Waals surface area (Å²) in [5.74, 6) is 2.72. The van der Waals surface area contributed by atoms with E-state index in [-0.39, 0.29) is 0 Å². The quantitative estimate of drug-likeness (QED) is 0.797. The largest absolute Gasteiger partial charge is 0.497 e. The molecule has 0 radical (unpaired) electrons. The van der Waals surface area contributed by atoms with Crippen LogP contribution in [0.4, 0.5) is 5.82 Å². The molecule has 3 aromatic rings. The summed E-state index contributed by atoms with van der Waals surface area (Å²) in [7, 11) is 1.67. The molecule has 1 aliphatic rings. The van der Waals surface area contributed by atoms with Crippen molar-refractivity contribution < 1.29 is 9.15 Å². The maximum Gasteiger partial charge on any atom is 0.154 e. The molecule has 1 N–H and O–H groups in total. The highest BCUT2D eigenvalue weighted by Gasteiger charge is 2.22. The molecule has 3 heterocycles. The van der Waals surface area contributed by atoms with E-state index >= 15 is 0 Å². The molecule has 5 nitrogen and oxygen atoms in total. The summed E-state index contributed by atoms with van der Waals surface area (Å²) in [6.45, 7) is 0.965. The van der Waals surface area contributed by atoms with Crippen LogP contribution >= 0.6 is 0 Å². The SMILES string of the molecule is COc1ccc(-n2nc(-c3ccco3)c3c2NCCCC3)cc1. The van der Waals surface area contributed by atoms with E-state index in [9.17, 15) is 0 Å². The minimum atomic E-state index is 0.817. The number of fused-ring (bicyclic) bond motifs is 1. The predicted molar refractivity (Wildman–Crippen MR) is 89.2 cm³/mol. The lowest BCUT2D eigenvalue weighted by atomic mass is 10.1. The Kier molecular flexibility index (Phi) is 3.54. The summed E-state index contributed by atoms with van der Waals surface area (Å²) in [5, 5.41) is 8.35. The Labute approximate surface area is 134 Å². The molecule has 0 saturated heterocycles. The minimum absolute atomic E-state index is 0.817. The predicted octanol–water partition coefficient (Wildman–Crippen LogP) is 3.89. The van der Waals surface area contributed by atoms with Crippen LogP contribution in [0.3, 0.4) is 0 Å². The number of aromatic nitrogens is 2. The fourth-order valence-electron chi connectivity index (χ4n) is 3.02. The second-order valence-electron chi connectivity index (χ2n) is 5.65. The van der Waals surface area contributed by atoms with Crippen LogP contribution in [0.25, 0.3) is 17.1 Å². The van der Waals surface area contributed by atoms with Gasteiger partial charge in [-0.2, -0.15) is 5.10 Å². The van der Waals surface area contributed by atoms with Gasteiger partial charge in [0.15, 0.2) is 5.76 Å². The average Bonchev–Trinajstić information content (AvgIpc) is 3.17. The molecule has 0 unspecified atom stereocenters. The standard InChI is InChI=1S/C18H19N3O2/c1-22-14-9-7-13(8-10-14)21-18-15(5-2-3-11-19-18)17(20-21)16-6-4-12-23-16/h4,6-10,12,19H,2-3,5,11H2,1H3. The van der Waals surface area contributed by atoms with Crippen LogP contribution in [0.15, 0.2) is 47.1 Å². The van der Waals surface area contributed by atoms with E-state index in [0.717, 1.165) is 54.5 Å². The molecule has 0 spiro atoms. The first-order valence-electron chi connectivity index (χ1n) is 7.91. The first kappa shape index (κ1) is 13.9. The number of methoxy groups -OCH3 is 1. The van der Waals surface area contributed by atoms with Gasteiger partial charge in [-0.15, -0.1) is 0 Å². The second kappa shape index (κ2) is 5.83. The van der Waals surface area contributed by atoms with Crippen molar-refractivity contribution in [2.75, 3.05) is 19.0 Å². The van der Waals surface area contributed by atoms with Crippen molar-refractivity contribution in [1.29, 1.82) is 0 Å². The van der Waals surface area contributed by atoms with E-state index in [0.29, 0.717) is 0 Å². The van der Waals surface area contributed by atoms with Gasteiger partial charge in [-0.1, -0.05) is 0 Å². The molecule has 1 aromatic carbocycles. The number of hydrogen-bond donors (Lipinski definition) is 1. The van der Waals surface area contributed by atoms with E-state index in [1.807, 2.05) is 41.1 Å². The van der Waals surface area contributed by atoms with Crippen molar-refractivity contribution >= 4 is 5.82 Å². The summed E-state index contributed by atoms with van der Waals surface area (Å²) >= 11 is 0. The van der Waals surface area contributed by atoms with Gasteiger partial charge in [0.1, 0.15) is 17.3 Å². The highest BCUT2D eigenvalue weighted by molar-refractivity contribution is 5.68. The zero-order chi connectivity index (χ0) is 15.6. The number of nitrogens with zero attached hydrogens (tertiary/aromatic N) is 2. The topological polar surface area (TPSA) is 52.2 Å². The second-order valence-corrected chi connectivity index (χ2v) is 5.65. The maximum atomic E-state index is 5.59. The van der Waals surface area contributed by atoms with E-state index in [1.165, 1.54) is 5.56 Å². The molecule has 2 aromatic heterocycles. The van der Waals surface area contributed by atoms with Crippen molar-refractivity contribution in [2.45, 2.75) is 19.3 Å². The van der Waals surface area contributed by atoms with E-state index in [1.54, 1.807) is 13.4 Å². The van der Waals surface area contributed by atoms with Crippen LogP contribution in [-0.4, -0.2) is 23.4 Å². The molecule has 0 atom stereocenters. The van der Waals surface area contributed by atoms with Gasteiger partial charge in [0.2, 0.25) is 0 Å². The number of hydrogen-bond acceptors (Lipinski definition) is 4. The fourth-order valence-corrected chi connectivity index (χ4v) is 3.02. The minimum Gasteiger partial charge on any atom is -0.497 e. The molecule has 0 fully saturated rings. The van der Waals surface area contributed by atoms with Gasteiger partial charge in [0, 0.05) is 12.1 Å². The fraction of sp³-hybridized carbons (Fsp3) is 0.278. The normalized spacial score (nSPS) is 14.0. The summed E-state index contributed by atoms with van der Waals surface area (Å²) in [5.41, 5.74) is 3.16. The Hall–Kier alpha value is -2.69. The molecule has 0 saturated carbocycles. The van der Waals surface area contributed by atoms with Crippen LogP contribution in [0, 0.1) is 0 Å². The third-order valence-corrected chi connectivity index (χ3v) is 4.20. The summed E-state index contributed by atoms with van der Waals surface area (Å²) in [6.07, 6.45) is 5.02. The number of furan rings is 1. The Morgan fingerprint density at radius 3 is 2.78 bits per heavy atom. The van der Waals surface area contributed by atoms with Gasteiger partial charge < -0.3 is 14.5 Å². The number of rotatable bonds is 3. The van der Waals surface area contributed by atoms with Gasteiger partial charge in [0.05, 0.1) is 19.1 Å². The van der Waals surface area contributed by atoms with Crippen molar-refractivity contribution in [3.8, 4) is 22.9 Å². The summed E-state index contributed by atoms with van der Waals surface area (Å²) < 4.78 is 12.8. The van der Waals surface area contributed by atoms with Crippen LogP contribution in [0.1, 0.15) is 18.4 Å². The van der Waals surface area contributed by atoms with Crippen molar-refractivity contribution in [1.82, 2.24) is 9.78 Å². The van der Waals surface area contributed by atoms with Crippen LogP contribution in [0.2, 0.25) is 0 Å². The molecule has 23 heavy (non-hydrogen) atoms. The lowest BCUT2D eigenvalue weighted by Gasteiger charge is -2.09. The van der Waals surface area contributed by atoms with Crippen LogP contribution < -0.4 is 10.1 Å². The lowest BCUT2D eigenvalue weighted by molar-refractivity contribution is 0.414. The van der Waals surface area contributed by atoms with Gasteiger partial charge in [-0.05, 0) is 55.7 Å². The van der Waals surface area contributed by atoms with E-state index in [4.69, 9.17) is 14.3 Å². The molecule has 0 bridgehead atoms. The zero-order valence-corrected chi connectivity index (χ0v) is 13.1. The van der Waals surface area contributed by atoms with Gasteiger partial charge in [0.25, 0.3) is 0 Å². The molecule has 0 aliphatic carbocycles. The Morgan fingerprint density at radius 2 is 2.04 bits per heavy atom. The molecule has 1 aliphatic heterocycles. The van der Waals surface area contributed by atoms with Crippen molar-refractivity contribution in [3.05, 3.63) is 48.2 Å². The highest BCUT2D eigenvalue weighted by Crippen LogP contribution is 2.34. The molecule has 4 rings (SSSR count). The van der Waals surface area contributed by atoms with E-state index < -0.39 is 0 Å². The third kappa shape index (κ3) is 2.48. The summed E-state index contributed by atoms with van der Waals surface area (Å²) in [4.78, 5) is 0. The smallest absolute Gasteiger partial charge is 0.154 e. The molecule has 118 valence electrons. The van der Waals surface area contributed by atoms with E-state index in [2.05, 4.69) is 5.32 Å². The number of benzene rings is 1. The molecular weight excluding hydrogens is 290 g/mol. The number of anilines is 1. The van der Waals surface area contributed by atoms with Crippen molar-refractivity contribution in [2.24, 2.45) is 0 Å². The monoisotopic (exact) mass is 309 g/mol. The van der Waals surface area contributed by atoms with Gasteiger partial charge in [-0.3, -0.25) is 0 Å². The maximum absolute atomic E-state index is 5.59. The summed E-state index contributed by atoms with van der Waals surface area (Å²) in [6, 6.07) is 11.8. The molecular formula is C18H19N3O2. The highest BCUT2D eigenvalue weighted by atomic mass is 16.5. The Bertz CT molecular complexity index is 789. The molecule has 0 amide bonds. The first-order chi connectivity index (χ1) is 11.4. The van der Waals surface area contributed by atoms with Gasteiger partial charge in [-0.25, -0.2) is 4.68 Å². The van der Waals surface area contributed by atoms with Crippen LogP contribution in [-0.2, 0) is 6.42 Å². The number of ether oxygens (including phenoxy) is 1. The first-order valence-corrected chi connectivity index (χ1v) is 7.91. The van der Waals surface area contributed by atoms with Crippen LogP contribution in [0.5, 0.6) is 5.75 Å². The zero-order valence-electron chi connectivity index (χ0n) is 13.1. The number of nitrogens with one attached hydrogen (secondary N) is 1. The van der Waals surface area contributed by atoms with Crippen molar-refractivity contribution in [3.63, 3.8) is 0 Å². The molecule has 5 heteroatoms. The Balaban J connectivity index is 1.85.